The molecule has 0 amide bonds. The minimum Gasteiger partial charge on any atom is -0.507 e. The third-order valence-corrected chi connectivity index (χ3v) is 5.82. The molecule has 0 atom stereocenters. The van der Waals surface area contributed by atoms with Crippen molar-refractivity contribution in [1.82, 2.24) is 19.9 Å². The van der Waals surface area contributed by atoms with Crippen LogP contribution in [0.25, 0.3) is 44.8 Å². The van der Waals surface area contributed by atoms with Crippen LogP contribution in [0.1, 0.15) is 11.1 Å². The maximum atomic E-state index is 10.5. The Morgan fingerprint density at radius 2 is 1.03 bits per heavy atom. The van der Waals surface area contributed by atoms with E-state index in [2.05, 4.69) is 19.9 Å². The summed E-state index contributed by atoms with van der Waals surface area (Å²) in [5.74, 6) is 1.60. The van der Waals surface area contributed by atoms with Crippen molar-refractivity contribution in [3.8, 4) is 34.3 Å². The van der Waals surface area contributed by atoms with Crippen LogP contribution in [0.4, 0.5) is 0 Å². The summed E-state index contributed by atoms with van der Waals surface area (Å²) < 4.78 is 0. The van der Waals surface area contributed by atoms with E-state index in [-0.39, 0.29) is 11.5 Å². The van der Waals surface area contributed by atoms with Crippen molar-refractivity contribution >= 4 is 22.1 Å². The molecule has 0 saturated heterocycles. The van der Waals surface area contributed by atoms with Crippen LogP contribution in [0.5, 0.6) is 11.5 Å². The highest BCUT2D eigenvalue weighted by Gasteiger charge is 2.13. The van der Waals surface area contributed by atoms with Crippen molar-refractivity contribution in [3.05, 3.63) is 96.1 Å². The fourth-order valence-corrected chi connectivity index (χ4v) is 4.16. The van der Waals surface area contributed by atoms with Crippen molar-refractivity contribution in [2.24, 2.45) is 0 Å². The number of aromatic hydroxyl groups is 2. The molecule has 0 radical (unpaired) electrons. The summed E-state index contributed by atoms with van der Waals surface area (Å²) in [6, 6.07) is 26.6. The third-order valence-electron chi connectivity index (χ3n) is 5.82. The Balaban J connectivity index is 1.35. The van der Waals surface area contributed by atoms with E-state index >= 15 is 0 Å². The van der Waals surface area contributed by atoms with Crippen LogP contribution in [-0.4, -0.2) is 30.1 Å². The number of nitrogens with zero attached hydrogens (tertiary/aromatic N) is 2. The minimum absolute atomic E-state index is 0.173. The Bertz CT molecular complexity index is 1440. The van der Waals surface area contributed by atoms with Crippen LogP contribution in [0.3, 0.4) is 0 Å². The van der Waals surface area contributed by atoms with Crippen molar-refractivity contribution in [2.45, 2.75) is 6.42 Å². The highest BCUT2D eigenvalue weighted by Crippen LogP contribution is 2.33. The zero-order valence-corrected chi connectivity index (χ0v) is 17.6. The highest BCUT2D eigenvalue weighted by molar-refractivity contribution is 5.81. The number of phenols is 2. The topological polar surface area (TPSA) is 97.8 Å². The number of aromatic amines is 2. The third kappa shape index (κ3) is 3.47. The fraction of sp³-hybridized carbons (Fsp3) is 0.0370. The molecule has 6 heteroatoms. The zero-order valence-electron chi connectivity index (χ0n) is 17.6. The van der Waals surface area contributed by atoms with E-state index < -0.39 is 0 Å². The van der Waals surface area contributed by atoms with E-state index in [1.807, 2.05) is 72.8 Å². The number of imidazole rings is 2. The molecule has 2 aromatic heterocycles. The number of H-pyrrole nitrogens is 2. The highest BCUT2D eigenvalue weighted by atomic mass is 16.3. The van der Waals surface area contributed by atoms with Gasteiger partial charge in [0.2, 0.25) is 0 Å². The lowest BCUT2D eigenvalue weighted by Gasteiger charge is -2.09. The normalized spacial score (nSPS) is 11.4. The summed E-state index contributed by atoms with van der Waals surface area (Å²) >= 11 is 0. The number of rotatable bonds is 4. The number of nitrogens with one attached hydrogen (secondary N) is 2. The van der Waals surface area contributed by atoms with Gasteiger partial charge >= 0.3 is 0 Å². The molecule has 6 rings (SSSR count). The molecule has 6 nitrogen and oxygen atoms in total. The minimum atomic E-state index is 0.173. The van der Waals surface area contributed by atoms with Gasteiger partial charge in [-0.15, -0.1) is 0 Å². The van der Waals surface area contributed by atoms with Crippen LogP contribution in [-0.2, 0) is 6.42 Å². The monoisotopic (exact) mass is 432 g/mol. The zero-order chi connectivity index (χ0) is 22.4. The first-order valence-electron chi connectivity index (χ1n) is 10.7. The van der Waals surface area contributed by atoms with E-state index in [1.165, 1.54) is 0 Å². The van der Waals surface area contributed by atoms with Crippen molar-refractivity contribution in [3.63, 3.8) is 0 Å². The average Bonchev–Trinajstić information content (AvgIpc) is 3.45. The molecule has 0 aliphatic heterocycles. The Morgan fingerprint density at radius 1 is 0.576 bits per heavy atom. The van der Waals surface area contributed by atoms with Crippen molar-refractivity contribution < 1.29 is 10.2 Å². The summed E-state index contributed by atoms with van der Waals surface area (Å²) in [7, 11) is 0. The molecule has 6 aromatic rings. The lowest BCUT2D eigenvalue weighted by molar-refractivity contribution is 0.476. The molecule has 0 aliphatic carbocycles. The molecule has 0 unspecified atom stereocenters. The predicted octanol–water partition coefficient (Wildman–Crippen LogP) is 5.78. The number of para-hydroxylation sites is 4. The van der Waals surface area contributed by atoms with Gasteiger partial charge in [0.05, 0.1) is 33.2 Å². The number of aromatic nitrogens is 4. The van der Waals surface area contributed by atoms with E-state index in [1.54, 1.807) is 12.1 Å². The standard InChI is InChI=1S/C27H20N4O2/c32-24-11-9-16(14-18(24)26-28-20-5-1-2-6-21(20)29-26)13-17-10-12-25(33)19(15-17)27-30-22-7-3-4-8-23(22)31-27/h1-12,14-15,32-33H,13H2,(H,28,29)(H,30,31). The number of phenolic OH excluding ortho intramolecular Hbond substituents is 2. The van der Waals surface area contributed by atoms with Gasteiger partial charge in [0, 0.05) is 0 Å². The summed E-state index contributed by atoms with van der Waals surface area (Å²) in [4.78, 5) is 15.8. The van der Waals surface area contributed by atoms with Gasteiger partial charge in [0.15, 0.2) is 0 Å². The second kappa shape index (κ2) is 7.53. The Labute approximate surface area is 189 Å². The smallest absolute Gasteiger partial charge is 0.142 e. The van der Waals surface area contributed by atoms with Gasteiger partial charge < -0.3 is 20.2 Å². The molecule has 33 heavy (non-hydrogen) atoms. The van der Waals surface area contributed by atoms with E-state index in [4.69, 9.17) is 0 Å². The first-order valence-corrected chi connectivity index (χ1v) is 10.7. The lowest BCUT2D eigenvalue weighted by Crippen LogP contribution is -1.92. The van der Waals surface area contributed by atoms with Gasteiger partial charge in [-0.3, -0.25) is 0 Å². The Morgan fingerprint density at radius 3 is 1.48 bits per heavy atom. The maximum Gasteiger partial charge on any atom is 0.142 e. The number of hydrogen-bond acceptors (Lipinski definition) is 4. The SMILES string of the molecule is Oc1ccc(Cc2ccc(O)c(-c3nc4ccccc4[nH]3)c2)cc1-c1nc2ccccc2[nH]1. The molecule has 4 N–H and O–H groups in total. The van der Waals surface area contributed by atoms with Crippen LogP contribution in [0.15, 0.2) is 84.9 Å². The molecule has 0 spiro atoms. The van der Waals surface area contributed by atoms with Gasteiger partial charge in [-0.2, -0.15) is 0 Å². The lowest BCUT2D eigenvalue weighted by atomic mass is 10.00. The Hall–Kier alpha value is -4.58. The molecule has 0 fully saturated rings. The molecular formula is C27H20N4O2. The molecule has 2 heterocycles. The fourth-order valence-electron chi connectivity index (χ4n) is 4.16. The predicted molar refractivity (Wildman–Crippen MR) is 129 cm³/mol. The van der Waals surface area contributed by atoms with Crippen LogP contribution < -0.4 is 0 Å². The quantitative estimate of drug-likeness (QED) is 0.284. The molecule has 4 aromatic carbocycles. The van der Waals surface area contributed by atoms with Gasteiger partial charge in [0.1, 0.15) is 23.1 Å². The van der Waals surface area contributed by atoms with Gasteiger partial charge in [0.25, 0.3) is 0 Å². The summed E-state index contributed by atoms with van der Waals surface area (Å²) in [6.45, 7) is 0. The number of benzene rings is 4. The van der Waals surface area contributed by atoms with Crippen LogP contribution in [0.2, 0.25) is 0 Å². The van der Waals surface area contributed by atoms with Gasteiger partial charge in [-0.1, -0.05) is 36.4 Å². The van der Waals surface area contributed by atoms with Crippen molar-refractivity contribution in [1.29, 1.82) is 0 Å². The van der Waals surface area contributed by atoms with Gasteiger partial charge in [-0.05, 0) is 66.1 Å². The number of hydrogen-bond donors (Lipinski definition) is 4. The molecule has 160 valence electrons. The first kappa shape index (κ1) is 19.1. The van der Waals surface area contributed by atoms with Gasteiger partial charge in [-0.25, -0.2) is 9.97 Å². The molecule has 0 saturated carbocycles. The maximum absolute atomic E-state index is 10.5. The van der Waals surface area contributed by atoms with E-state index in [9.17, 15) is 10.2 Å². The Kier molecular flexibility index (Phi) is 4.36. The average molecular weight is 432 g/mol. The molecule has 0 bridgehead atoms. The largest absolute Gasteiger partial charge is 0.507 e. The molecular weight excluding hydrogens is 412 g/mol. The van der Waals surface area contributed by atoms with Crippen LogP contribution in [0, 0.1) is 0 Å². The second-order valence-corrected chi connectivity index (χ2v) is 8.08. The molecule has 0 aliphatic rings. The van der Waals surface area contributed by atoms with E-state index in [0.717, 1.165) is 33.2 Å². The number of fused-ring (bicyclic) bond motifs is 2. The van der Waals surface area contributed by atoms with Crippen molar-refractivity contribution in [2.75, 3.05) is 0 Å². The van der Waals surface area contributed by atoms with E-state index in [0.29, 0.717) is 29.2 Å². The first-order chi connectivity index (χ1) is 16.1. The summed E-state index contributed by atoms with van der Waals surface area (Å²) in [5.41, 5.74) is 6.89. The second-order valence-electron chi connectivity index (χ2n) is 8.08. The summed E-state index contributed by atoms with van der Waals surface area (Å²) in [6.07, 6.45) is 0.626. The summed E-state index contributed by atoms with van der Waals surface area (Å²) in [5, 5.41) is 20.9. The van der Waals surface area contributed by atoms with Crippen LogP contribution >= 0.6 is 0 Å².